The molecule has 0 atom stereocenters. The zero-order valence-electron chi connectivity index (χ0n) is 10.1. The lowest BCUT2D eigenvalue weighted by Crippen LogP contribution is -2.36. The van der Waals surface area contributed by atoms with Gasteiger partial charge in [0.25, 0.3) is 10.0 Å². The van der Waals surface area contributed by atoms with Crippen LogP contribution in [0, 0.1) is 0 Å². The highest BCUT2D eigenvalue weighted by molar-refractivity contribution is 7.91. The summed E-state index contributed by atoms with van der Waals surface area (Å²) in [5, 5.41) is 0. The van der Waals surface area contributed by atoms with E-state index in [1.807, 2.05) is 0 Å². The van der Waals surface area contributed by atoms with Crippen molar-refractivity contribution in [1.29, 1.82) is 0 Å². The Balaban J connectivity index is 2.88. The summed E-state index contributed by atoms with van der Waals surface area (Å²) in [4.78, 5) is 3.74. The number of aromatic nitrogens is 1. The highest BCUT2D eigenvalue weighted by Gasteiger charge is 2.26. The van der Waals surface area contributed by atoms with Crippen molar-refractivity contribution in [2.24, 2.45) is 0 Å². The normalized spacial score (nSPS) is 12.2. The number of rotatable bonds is 8. The van der Waals surface area contributed by atoms with Crippen LogP contribution in [-0.4, -0.2) is 58.2 Å². The van der Waals surface area contributed by atoms with Gasteiger partial charge in [-0.1, -0.05) is 22.9 Å². The summed E-state index contributed by atoms with van der Waals surface area (Å²) < 4.78 is 36.0. The summed E-state index contributed by atoms with van der Waals surface area (Å²) in [5.74, 6) is 0. The van der Waals surface area contributed by atoms with Gasteiger partial charge >= 0.3 is 0 Å². The molecule has 9 heteroatoms. The summed E-state index contributed by atoms with van der Waals surface area (Å²) in [7, 11) is -0.543. The van der Waals surface area contributed by atoms with Crippen LogP contribution in [0.4, 0.5) is 0 Å². The first-order valence-corrected chi connectivity index (χ1v) is 7.75. The number of hydrogen-bond donors (Lipinski definition) is 0. The van der Waals surface area contributed by atoms with E-state index in [9.17, 15) is 8.42 Å². The van der Waals surface area contributed by atoms with Crippen LogP contribution in [0.1, 0.15) is 0 Å². The summed E-state index contributed by atoms with van der Waals surface area (Å²) >= 11 is 6.59. The third-order valence-corrected chi connectivity index (χ3v) is 5.59. The Morgan fingerprint density at radius 1 is 1.33 bits per heavy atom. The Labute approximate surface area is 116 Å². The van der Waals surface area contributed by atoms with Gasteiger partial charge in [0, 0.05) is 27.3 Å². The molecule has 0 aliphatic rings. The van der Waals surface area contributed by atoms with Crippen molar-refractivity contribution in [2.75, 3.05) is 40.5 Å². The Morgan fingerprint density at radius 3 is 2.28 bits per heavy atom. The number of thiazole rings is 1. The first-order valence-electron chi connectivity index (χ1n) is 5.11. The molecule has 104 valence electrons. The fourth-order valence-corrected chi connectivity index (χ4v) is 4.08. The predicted octanol–water partition coefficient (Wildman–Crippen LogP) is 1.08. The van der Waals surface area contributed by atoms with Gasteiger partial charge in [-0.3, -0.25) is 0 Å². The average Bonchev–Trinajstić information content (AvgIpc) is 2.76. The Bertz CT molecular complexity index is 455. The van der Waals surface area contributed by atoms with Gasteiger partial charge in [0.1, 0.15) is 0 Å². The SMILES string of the molecule is COCCN(CCOC)S(=O)(=O)c1cnc(Cl)s1. The van der Waals surface area contributed by atoms with Crippen molar-refractivity contribution < 1.29 is 17.9 Å². The molecular weight excluding hydrogens is 300 g/mol. The van der Waals surface area contributed by atoms with Crippen molar-refractivity contribution in [3.05, 3.63) is 10.7 Å². The van der Waals surface area contributed by atoms with Gasteiger partial charge in [0.05, 0.1) is 19.4 Å². The van der Waals surface area contributed by atoms with Crippen molar-refractivity contribution in [3.63, 3.8) is 0 Å². The lowest BCUT2D eigenvalue weighted by atomic mass is 10.6. The summed E-state index contributed by atoms with van der Waals surface area (Å²) in [6.07, 6.45) is 1.26. The van der Waals surface area contributed by atoms with Gasteiger partial charge in [-0.25, -0.2) is 13.4 Å². The van der Waals surface area contributed by atoms with Crippen molar-refractivity contribution in [3.8, 4) is 0 Å². The zero-order valence-corrected chi connectivity index (χ0v) is 12.5. The Hall–Kier alpha value is -0.250. The molecule has 0 N–H and O–H groups in total. The smallest absolute Gasteiger partial charge is 0.254 e. The number of nitrogens with zero attached hydrogens (tertiary/aromatic N) is 2. The number of hydrogen-bond acceptors (Lipinski definition) is 6. The number of sulfonamides is 1. The van der Waals surface area contributed by atoms with Crippen molar-refractivity contribution in [1.82, 2.24) is 9.29 Å². The molecule has 0 spiro atoms. The van der Waals surface area contributed by atoms with E-state index in [1.165, 1.54) is 24.7 Å². The second-order valence-electron chi connectivity index (χ2n) is 3.32. The molecule has 6 nitrogen and oxygen atoms in total. The second-order valence-corrected chi connectivity index (χ2v) is 7.10. The van der Waals surface area contributed by atoms with Gasteiger partial charge in [-0.2, -0.15) is 4.31 Å². The monoisotopic (exact) mass is 314 g/mol. The number of halogens is 1. The maximum absolute atomic E-state index is 12.3. The van der Waals surface area contributed by atoms with E-state index >= 15 is 0 Å². The number of ether oxygens (including phenoxy) is 2. The molecule has 0 fully saturated rings. The third kappa shape index (κ3) is 4.15. The quantitative estimate of drug-likeness (QED) is 0.718. The molecule has 0 aliphatic heterocycles. The van der Waals surface area contributed by atoms with Crippen LogP contribution >= 0.6 is 22.9 Å². The maximum atomic E-state index is 12.3. The van der Waals surface area contributed by atoms with Crippen LogP contribution in [-0.2, 0) is 19.5 Å². The first-order chi connectivity index (χ1) is 8.52. The predicted molar refractivity (Wildman–Crippen MR) is 69.6 cm³/mol. The summed E-state index contributed by atoms with van der Waals surface area (Å²) in [6.45, 7) is 1.15. The molecule has 0 saturated carbocycles. The minimum Gasteiger partial charge on any atom is -0.383 e. The average molecular weight is 315 g/mol. The molecule has 1 aromatic heterocycles. The molecule has 18 heavy (non-hydrogen) atoms. The van der Waals surface area contributed by atoms with E-state index in [1.54, 1.807) is 0 Å². The topological polar surface area (TPSA) is 68.7 Å². The van der Waals surface area contributed by atoms with Crippen molar-refractivity contribution >= 4 is 33.0 Å². The molecule has 0 bridgehead atoms. The first kappa shape index (κ1) is 15.8. The lowest BCUT2D eigenvalue weighted by molar-refractivity contribution is 0.150. The van der Waals surface area contributed by atoms with E-state index in [2.05, 4.69) is 4.98 Å². The summed E-state index contributed by atoms with van der Waals surface area (Å²) in [6, 6.07) is 0. The largest absolute Gasteiger partial charge is 0.383 e. The van der Waals surface area contributed by atoms with Gasteiger partial charge in [-0.05, 0) is 0 Å². The van der Waals surface area contributed by atoms with E-state index in [4.69, 9.17) is 21.1 Å². The standard InChI is InChI=1S/C9H15ClN2O4S2/c1-15-5-3-12(4-6-16-2)18(13,14)8-7-11-9(10)17-8/h7H,3-6H2,1-2H3. The minimum absolute atomic E-state index is 0.125. The van der Waals surface area contributed by atoms with Crippen LogP contribution in [0.3, 0.4) is 0 Å². The molecule has 0 radical (unpaired) electrons. The molecular formula is C9H15ClN2O4S2. The van der Waals surface area contributed by atoms with Crippen LogP contribution < -0.4 is 0 Å². The van der Waals surface area contributed by atoms with Crippen LogP contribution in [0.15, 0.2) is 10.4 Å². The Kier molecular flexibility index (Phi) is 6.47. The molecule has 0 aromatic carbocycles. The highest BCUT2D eigenvalue weighted by atomic mass is 35.5. The molecule has 0 unspecified atom stereocenters. The molecule has 1 aromatic rings. The highest BCUT2D eigenvalue weighted by Crippen LogP contribution is 2.25. The zero-order chi connectivity index (χ0) is 13.6. The van der Waals surface area contributed by atoms with E-state index in [0.29, 0.717) is 13.2 Å². The molecule has 1 heterocycles. The molecule has 0 saturated heterocycles. The fourth-order valence-electron chi connectivity index (χ4n) is 1.22. The lowest BCUT2D eigenvalue weighted by Gasteiger charge is -2.20. The van der Waals surface area contributed by atoms with Crippen LogP contribution in [0.2, 0.25) is 4.47 Å². The van der Waals surface area contributed by atoms with Gasteiger partial charge in [0.15, 0.2) is 8.68 Å². The Morgan fingerprint density at radius 2 is 1.89 bits per heavy atom. The third-order valence-electron chi connectivity index (χ3n) is 2.14. The number of methoxy groups -OCH3 is 2. The van der Waals surface area contributed by atoms with E-state index in [-0.39, 0.29) is 21.8 Å². The fraction of sp³-hybridized carbons (Fsp3) is 0.667. The van der Waals surface area contributed by atoms with Gasteiger partial charge in [0.2, 0.25) is 0 Å². The van der Waals surface area contributed by atoms with Crippen LogP contribution in [0.25, 0.3) is 0 Å². The van der Waals surface area contributed by atoms with Crippen LogP contribution in [0.5, 0.6) is 0 Å². The maximum Gasteiger partial charge on any atom is 0.254 e. The molecule has 0 amide bonds. The van der Waals surface area contributed by atoms with Crippen molar-refractivity contribution in [2.45, 2.75) is 4.21 Å². The second kappa shape index (κ2) is 7.37. The van der Waals surface area contributed by atoms with Gasteiger partial charge < -0.3 is 9.47 Å². The molecule has 0 aliphatic carbocycles. The van der Waals surface area contributed by atoms with Gasteiger partial charge in [-0.15, -0.1) is 0 Å². The van der Waals surface area contributed by atoms with E-state index < -0.39 is 10.0 Å². The van der Waals surface area contributed by atoms with E-state index in [0.717, 1.165) is 11.3 Å². The minimum atomic E-state index is -3.58. The summed E-state index contributed by atoms with van der Waals surface area (Å²) in [5.41, 5.74) is 0. The molecule has 1 rings (SSSR count).